The third kappa shape index (κ3) is 3.10. The van der Waals surface area contributed by atoms with Gasteiger partial charge in [-0.15, -0.1) is 6.42 Å². The fourth-order valence-corrected chi connectivity index (χ4v) is 2.84. The lowest BCUT2D eigenvalue weighted by atomic mass is 10.2. The molecule has 0 aliphatic heterocycles. The predicted molar refractivity (Wildman–Crippen MR) is 66.6 cm³/mol. The van der Waals surface area contributed by atoms with Gasteiger partial charge in [-0.2, -0.15) is 4.31 Å². The van der Waals surface area contributed by atoms with Crippen LogP contribution >= 0.6 is 0 Å². The number of halogens is 1. The molecular weight excluding hydrogens is 273 g/mol. The van der Waals surface area contributed by atoms with Crippen LogP contribution in [0.5, 0.6) is 0 Å². The van der Waals surface area contributed by atoms with E-state index in [1.54, 1.807) is 6.92 Å². The van der Waals surface area contributed by atoms with E-state index >= 15 is 0 Å². The minimum absolute atomic E-state index is 0.131. The topological polar surface area (TPSA) is 74.7 Å². The Morgan fingerprint density at radius 2 is 2.16 bits per heavy atom. The van der Waals surface area contributed by atoms with Crippen LogP contribution in [-0.2, 0) is 10.0 Å². The molecule has 0 atom stereocenters. The molecule has 1 N–H and O–H groups in total. The summed E-state index contributed by atoms with van der Waals surface area (Å²) in [6.07, 6.45) is 5.07. The minimum atomic E-state index is -3.93. The smallest absolute Gasteiger partial charge is 0.338 e. The van der Waals surface area contributed by atoms with Gasteiger partial charge in [0.2, 0.25) is 10.0 Å². The monoisotopic (exact) mass is 285 g/mol. The summed E-state index contributed by atoms with van der Waals surface area (Å²) in [7, 11) is -3.93. The van der Waals surface area contributed by atoms with Gasteiger partial charge in [-0.1, -0.05) is 12.8 Å². The Morgan fingerprint density at radius 3 is 2.63 bits per heavy atom. The number of carbonyl (C=O) groups is 1. The Hall–Kier alpha value is -1.91. The zero-order chi connectivity index (χ0) is 14.6. The van der Waals surface area contributed by atoms with Gasteiger partial charge in [-0.25, -0.2) is 17.6 Å². The van der Waals surface area contributed by atoms with Crippen LogP contribution in [0.3, 0.4) is 0 Å². The summed E-state index contributed by atoms with van der Waals surface area (Å²) in [6, 6.07) is 2.60. The van der Waals surface area contributed by atoms with Crippen molar-refractivity contribution in [3.05, 3.63) is 29.6 Å². The largest absolute Gasteiger partial charge is 0.478 e. The number of sulfonamides is 1. The molecule has 0 radical (unpaired) electrons. The summed E-state index contributed by atoms with van der Waals surface area (Å²) in [4.78, 5) is 10.5. The lowest BCUT2D eigenvalue weighted by Crippen LogP contribution is -2.31. The van der Waals surface area contributed by atoms with E-state index in [-0.39, 0.29) is 18.0 Å². The van der Waals surface area contributed by atoms with E-state index < -0.39 is 27.4 Å². The SMILES string of the molecule is C#CCN(CC)S(=O)(=O)c1ccc(F)c(C(=O)O)c1. The van der Waals surface area contributed by atoms with Crippen molar-refractivity contribution >= 4 is 16.0 Å². The maximum absolute atomic E-state index is 13.2. The van der Waals surface area contributed by atoms with Crippen LogP contribution in [0.2, 0.25) is 0 Å². The lowest BCUT2D eigenvalue weighted by molar-refractivity contribution is 0.0691. The van der Waals surface area contributed by atoms with Gasteiger partial charge in [0.05, 0.1) is 17.0 Å². The highest BCUT2D eigenvalue weighted by molar-refractivity contribution is 7.89. The maximum Gasteiger partial charge on any atom is 0.338 e. The molecule has 0 saturated heterocycles. The second-order valence-electron chi connectivity index (χ2n) is 3.58. The zero-order valence-corrected chi connectivity index (χ0v) is 10.9. The molecule has 1 aromatic carbocycles. The third-order valence-corrected chi connectivity index (χ3v) is 4.34. The first-order valence-corrected chi connectivity index (χ1v) is 6.75. The molecule has 0 saturated carbocycles. The molecule has 0 unspecified atom stereocenters. The van der Waals surface area contributed by atoms with Crippen LogP contribution in [0.15, 0.2) is 23.1 Å². The van der Waals surface area contributed by atoms with Gasteiger partial charge < -0.3 is 5.11 Å². The standard InChI is InChI=1S/C12H12FNO4S/c1-3-7-14(4-2)19(17,18)9-5-6-11(13)10(8-9)12(15)16/h1,5-6,8H,4,7H2,2H3,(H,15,16). The molecule has 1 rings (SSSR count). The molecule has 0 fully saturated rings. The van der Waals surface area contributed by atoms with Crippen molar-refractivity contribution in [3.8, 4) is 12.3 Å². The summed E-state index contributed by atoms with van der Waals surface area (Å²) in [6.45, 7) is 1.58. The van der Waals surface area contributed by atoms with E-state index in [4.69, 9.17) is 11.5 Å². The van der Waals surface area contributed by atoms with Crippen molar-refractivity contribution < 1.29 is 22.7 Å². The Balaban J connectivity index is 3.34. The summed E-state index contributed by atoms with van der Waals surface area (Å²) in [5.41, 5.74) is -0.696. The van der Waals surface area contributed by atoms with Crippen LogP contribution in [0.25, 0.3) is 0 Å². The molecule has 0 aromatic heterocycles. The van der Waals surface area contributed by atoms with E-state index in [1.807, 2.05) is 0 Å². The van der Waals surface area contributed by atoms with Crippen molar-refractivity contribution in [2.45, 2.75) is 11.8 Å². The fourth-order valence-electron chi connectivity index (χ4n) is 1.45. The second kappa shape index (κ2) is 5.82. The van der Waals surface area contributed by atoms with Crippen molar-refractivity contribution in [1.29, 1.82) is 0 Å². The number of rotatable bonds is 5. The number of terminal acetylenes is 1. The number of nitrogens with zero attached hydrogens (tertiary/aromatic N) is 1. The minimum Gasteiger partial charge on any atom is -0.478 e. The normalized spacial score (nSPS) is 11.3. The van der Waals surface area contributed by atoms with Crippen LogP contribution < -0.4 is 0 Å². The number of carboxylic acid groups (broad SMARTS) is 1. The highest BCUT2D eigenvalue weighted by Crippen LogP contribution is 2.19. The Labute approximate surface area is 110 Å². The van der Waals surface area contributed by atoms with E-state index in [9.17, 15) is 17.6 Å². The van der Waals surface area contributed by atoms with Gasteiger partial charge >= 0.3 is 5.97 Å². The first-order valence-electron chi connectivity index (χ1n) is 5.31. The van der Waals surface area contributed by atoms with Gasteiger partial charge in [0.25, 0.3) is 0 Å². The molecule has 0 spiro atoms. The number of aromatic carboxylic acids is 1. The molecule has 5 nitrogen and oxygen atoms in total. The van der Waals surface area contributed by atoms with Gasteiger partial charge in [-0.3, -0.25) is 0 Å². The van der Waals surface area contributed by atoms with Gasteiger partial charge in [0.15, 0.2) is 0 Å². The summed E-state index contributed by atoms with van der Waals surface area (Å²) < 4.78 is 38.5. The van der Waals surface area contributed by atoms with Gasteiger partial charge in [0, 0.05) is 6.54 Å². The van der Waals surface area contributed by atoms with Gasteiger partial charge in [0.1, 0.15) is 5.82 Å². The number of hydrogen-bond donors (Lipinski definition) is 1. The molecule has 0 aliphatic carbocycles. The first kappa shape index (κ1) is 15.1. The highest BCUT2D eigenvalue weighted by Gasteiger charge is 2.24. The van der Waals surface area contributed by atoms with Gasteiger partial charge in [-0.05, 0) is 18.2 Å². The van der Waals surface area contributed by atoms with Crippen molar-refractivity contribution in [1.82, 2.24) is 4.31 Å². The Bertz CT molecular complexity index is 634. The van der Waals surface area contributed by atoms with Crippen molar-refractivity contribution in [3.63, 3.8) is 0 Å². The summed E-state index contributed by atoms with van der Waals surface area (Å²) in [5.74, 6) is -0.327. The molecule has 0 heterocycles. The van der Waals surface area contributed by atoms with Crippen LogP contribution in [0.1, 0.15) is 17.3 Å². The van der Waals surface area contributed by atoms with E-state index in [0.29, 0.717) is 0 Å². The van der Waals surface area contributed by atoms with Crippen LogP contribution in [0.4, 0.5) is 4.39 Å². The molecule has 0 bridgehead atoms. The molecule has 102 valence electrons. The lowest BCUT2D eigenvalue weighted by Gasteiger charge is -2.18. The summed E-state index contributed by atoms with van der Waals surface area (Å²) in [5, 5.41) is 8.77. The second-order valence-corrected chi connectivity index (χ2v) is 5.52. The van der Waals surface area contributed by atoms with E-state index in [2.05, 4.69) is 5.92 Å². The molecule has 0 amide bonds. The fraction of sp³-hybridized carbons (Fsp3) is 0.250. The average molecular weight is 285 g/mol. The molecular formula is C12H12FNO4S. The molecule has 1 aromatic rings. The zero-order valence-electron chi connectivity index (χ0n) is 10.1. The molecule has 7 heteroatoms. The number of carboxylic acids is 1. The Kier molecular flexibility index (Phi) is 4.64. The number of benzene rings is 1. The van der Waals surface area contributed by atoms with Crippen molar-refractivity contribution in [2.75, 3.05) is 13.1 Å². The average Bonchev–Trinajstić information content (AvgIpc) is 2.35. The summed E-state index contributed by atoms with van der Waals surface area (Å²) >= 11 is 0. The third-order valence-electron chi connectivity index (χ3n) is 2.43. The predicted octanol–water partition coefficient (Wildman–Crippen LogP) is 1.17. The first-order chi connectivity index (χ1) is 8.84. The quantitative estimate of drug-likeness (QED) is 0.824. The van der Waals surface area contributed by atoms with E-state index in [0.717, 1.165) is 22.5 Å². The van der Waals surface area contributed by atoms with Crippen LogP contribution in [-0.4, -0.2) is 36.9 Å². The highest BCUT2D eigenvalue weighted by atomic mass is 32.2. The molecule has 19 heavy (non-hydrogen) atoms. The van der Waals surface area contributed by atoms with Crippen LogP contribution in [0, 0.1) is 18.2 Å². The van der Waals surface area contributed by atoms with E-state index in [1.165, 1.54) is 0 Å². The van der Waals surface area contributed by atoms with Crippen molar-refractivity contribution in [2.24, 2.45) is 0 Å². The number of hydrogen-bond acceptors (Lipinski definition) is 3. The molecule has 0 aliphatic rings. The Morgan fingerprint density at radius 1 is 1.53 bits per heavy atom. The maximum atomic E-state index is 13.2.